The number of Topliss-reactive ketones (excluding diaryl/α,β-unsaturated/α-hetero) is 1. The molecule has 0 aliphatic carbocycles. The molecule has 0 N–H and O–H groups in total. The maximum Gasteiger partial charge on any atom is 0.343 e. The lowest BCUT2D eigenvalue weighted by Crippen LogP contribution is -2.20. The highest BCUT2D eigenvalue weighted by molar-refractivity contribution is 6.24. The lowest BCUT2D eigenvalue weighted by molar-refractivity contribution is -0.138. The van der Waals surface area contributed by atoms with Crippen molar-refractivity contribution < 1.29 is 23.1 Å². The van der Waals surface area contributed by atoms with Gasteiger partial charge < -0.3 is 9.64 Å². The van der Waals surface area contributed by atoms with E-state index in [1.54, 1.807) is 21.0 Å². The Balaban J connectivity index is 0.00000232. The Morgan fingerprint density at radius 3 is 2.22 bits per heavy atom. The SMILES string of the molecule is CC.CCOC(=O)/C(=C\N(C)C)C(=O)c1cc(C)c(F)cc1F. The minimum atomic E-state index is -1.02. The van der Waals surface area contributed by atoms with E-state index in [1.807, 2.05) is 13.8 Å². The van der Waals surface area contributed by atoms with Crippen molar-refractivity contribution in [1.29, 1.82) is 0 Å². The molecule has 0 aliphatic heterocycles. The average Bonchev–Trinajstić information content (AvgIpc) is 2.50. The number of halogens is 2. The topological polar surface area (TPSA) is 46.6 Å². The molecule has 0 atom stereocenters. The van der Waals surface area contributed by atoms with Gasteiger partial charge in [0.25, 0.3) is 0 Å². The first-order chi connectivity index (χ1) is 10.8. The number of ketones is 1. The Hall–Kier alpha value is -2.24. The Bertz CT molecular complexity index is 596. The lowest BCUT2D eigenvalue weighted by Gasteiger charge is -2.11. The second kappa shape index (κ2) is 9.71. The summed E-state index contributed by atoms with van der Waals surface area (Å²) in [6.07, 6.45) is 1.25. The molecule has 0 spiro atoms. The highest BCUT2D eigenvalue weighted by Crippen LogP contribution is 2.18. The third-order valence-corrected chi connectivity index (χ3v) is 2.62. The molecule has 1 aromatic carbocycles. The predicted octanol–water partition coefficient (Wildman–Crippen LogP) is 3.49. The molecule has 0 bridgehead atoms. The molecule has 0 amide bonds. The van der Waals surface area contributed by atoms with E-state index < -0.39 is 23.4 Å². The molecular weight excluding hydrogens is 304 g/mol. The van der Waals surface area contributed by atoms with Crippen molar-refractivity contribution in [3.8, 4) is 0 Å². The number of nitrogens with zero attached hydrogens (tertiary/aromatic N) is 1. The summed E-state index contributed by atoms with van der Waals surface area (Å²) in [6.45, 7) is 7.09. The van der Waals surface area contributed by atoms with E-state index >= 15 is 0 Å². The number of benzene rings is 1. The summed E-state index contributed by atoms with van der Waals surface area (Å²) in [5.74, 6) is -3.46. The van der Waals surface area contributed by atoms with Crippen LogP contribution in [0.15, 0.2) is 23.9 Å². The van der Waals surface area contributed by atoms with Crippen LogP contribution in [0, 0.1) is 18.6 Å². The summed E-state index contributed by atoms with van der Waals surface area (Å²) < 4.78 is 31.8. The van der Waals surface area contributed by atoms with Crippen LogP contribution >= 0.6 is 0 Å². The van der Waals surface area contributed by atoms with Crippen LogP contribution < -0.4 is 0 Å². The third-order valence-electron chi connectivity index (χ3n) is 2.62. The third kappa shape index (κ3) is 5.81. The zero-order chi connectivity index (χ0) is 18.2. The largest absolute Gasteiger partial charge is 0.462 e. The molecule has 6 heteroatoms. The predicted molar refractivity (Wildman–Crippen MR) is 85.2 cm³/mol. The second-order valence-corrected chi connectivity index (χ2v) is 4.64. The van der Waals surface area contributed by atoms with Crippen molar-refractivity contribution >= 4 is 11.8 Å². The molecule has 1 aromatic rings. The highest BCUT2D eigenvalue weighted by Gasteiger charge is 2.25. The molecule has 4 nitrogen and oxygen atoms in total. The van der Waals surface area contributed by atoms with Gasteiger partial charge in [0.1, 0.15) is 17.2 Å². The zero-order valence-corrected chi connectivity index (χ0v) is 14.4. The van der Waals surface area contributed by atoms with Crippen LogP contribution in [0.3, 0.4) is 0 Å². The van der Waals surface area contributed by atoms with Crippen LogP contribution in [0.1, 0.15) is 36.7 Å². The number of aryl methyl sites for hydroxylation is 1. The van der Waals surface area contributed by atoms with Crippen LogP contribution in [0.25, 0.3) is 0 Å². The number of hydrogen-bond acceptors (Lipinski definition) is 4. The summed E-state index contributed by atoms with van der Waals surface area (Å²) in [7, 11) is 3.22. The van der Waals surface area contributed by atoms with E-state index in [9.17, 15) is 18.4 Å². The molecule has 0 aromatic heterocycles. The number of esters is 1. The fraction of sp³-hybridized carbons (Fsp3) is 0.412. The van der Waals surface area contributed by atoms with Gasteiger partial charge in [-0.05, 0) is 25.5 Å². The average molecular weight is 327 g/mol. The minimum absolute atomic E-state index is 0.0851. The van der Waals surface area contributed by atoms with Crippen molar-refractivity contribution in [1.82, 2.24) is 4.90 Å². The van der Waals surface area contributed by atoms with Crippen LogP contribution in [-0.2, 0) is 9.53 Å². The van der Waals surface area contributed by atoms with Gasteiger partial charge in [0.15, 0.2) is 0 Å². The number of carbonyl (C=O) groups excluding carboxylic acids is 2. The summed E-state index contributed by atoms with van der Waals surface area (Å²) in [4.78, 5) is 25.6. The van der Waals surface area contributed by atoms with Crippen molar-refractivity contribution in [2.24, 2.45) is 0 Å². The van der Waals surface area contributed by atoms with E-state index in [0.29, 0.717) is 6.07 Å². The minimum Gasteiger partial charge on any atom is -0.462 e. The summed E-state index contributed by atoms with van der Waals surface area (Å²) >= 11 is 0. The smallest absolute Gasteiger partial charge is 0.343 e. The van der Waals surface area contributed by atoms with Gasteiger partial charge in [0, 0.05) is 26.4 Å². The maximum absolute atomic E-state index is 13.8. The summed E-state index contributed by atoms with van der Waals surface area (Å²) in [6, 6.07) is 1.71. The normalized spacial score (nSPS) is 10.5. The zero-order valence-electron chi connectivity index (χ0n) is 14.4. The van der Waals surface area contributed by atoms with Gasteiger partial charge in [-0.2, -0.15) is 0 Å². The Morgan fingerprint density at radius 1 is 1.17 bits per heavy atom. The molecule has 0 aliphatic rings. The Morgan fingerprint density at radius 2 is 1.74 bits per heavy atom. The molecule has 0 radical (unpaired) electrons. The van der Waals surface area contributed by atoms with Crippen molar-refractivity contribution in [3.05, 3.63) is 46.7 Å². The van der Waals surface area contributed by atoms with Crippen LogP contribution in [0.2, 0.25) is 0 Å². The molecule has 0 saturated heterocycles. The van der Waals surface area contributed by atoms with Gasteiger partial charge in [-0.3, -0.25) is 4.79 Å². The number of carbonyl (C=O) groups is 2. The molecule has 1 rings (SSSR count). The fourth-order valence-electron chi connectivity index (χ4n) is 1.65. The van der Waals surface area contributed by atoms with Gasteiger partial charge in [-0.1, -0.05) is 13.8 Å². The van der Waals surface area contributed by atoms with Gasteiger partial charge in [-0.25, -0.2) is 13.6 Å². The van der Waals surface area contributed by atoms with E-state index in [1.165, 1.54) is 18.0 Å². The molecular formula is C17H23F2NO3. The van der Waals surface area contributed by atoms with Crippen LogP contribution in [0.4, 0.5) is 8.78 Å². The van der Waals surface area contributed by atoms with Crippen molar-refractivity contribution in [2.75, 3.05) is 20.7 Å². The second-order valence-electron chi connectivity index (χ2n) is 4.64. The van der Waals surface area contributed by atoms with Crippen LogP contribution in [0.5, 0.6) is 0 Å². The molecule has 0 saturated carbocycles. The standard InChI is InChI=1S/C15H17F2NO3.C2H6/c1-5-21-15(20)11(8-18(3)4)14(19)10-6-9(2)12(16)7-13(10)17;1-2/h6-8H,5H2,1-4H3;1-2H3/b11-8-;. The lowest BCUT2D eigenvalue weighted by atomic mass is 10.0. The first kappa shape index (κ1) is 20.8. The number of hydrogen-bond donors (Lipinski definition) is 0. The molecule has 0 unspecified atom stereocenters. The quantitative estimate of drug-likeness (QED) is 0.273. The van der Waals surface area contributed by atoms with Crippen molar-refractivity contribution in [3.63, 3.8) is 0 Å². The van der Waals surface area contributed by atoms with E-state index in [4.69, 9.17) is 4.74 Å². The molecule has 0 fully saturated rings. The van der Waals surface area contributed by atoms with Crippen LogP contribution in [-0.4, -0.2) is 37.4 Å². The van der Waals surface area contributed by atoms with Gasteiger partial charge in [-0.15, -0.1) is 0 Å². The van der Waals surface area contributed by atoms with Gasteiger partial charge >= 0.3 is 5.97 Å². The summed E-state index contributed by atoms with van der Waals surface area (Å²) in [5, 5.41) is 0. The molecule has 23 heavy (non-hydrogen) atoms. The van der Waals surface area contributed by atoms with E-state index in [0.717, 1.165) is 6.07 Å². The first-order valence-electron chi connectivity index (χ1n) is 7.33. The monoisotopic (exact) mass is 327 g/mol. The maximum atomic E-state index is 13.8. The highest BCUT2D eigenvalue weighted by atomic mass is 19.1. The Labute approximate surface area is 135 Å². The number of ether oxygens (including phenoxy) is 1. The van der Waals surface area contributed by atoms with Gasteiger partial charge in [0.2, 0.25) is 5.78 Å². The Kier molecular flexibility index (Phi) is 8.77. The fourth-order valence-corrected chi connectivity index (χ4v) is 1.65. The molecule has 0 heterocycles. The van der Waals surface area contributed by atoms with E-state index in [2.05, 4.69) is 0 Å². The first-order valence-corrected chi connectivity index (χ1v) is 7.33. The molecule has 128 valence electrons. The number of rotatable bonds is 5. The van der Waals surface area contributed by atoms with E-state index in [-0.39, 0.29) is 23.3 Å². The van der Waals surface area contributed by atoms with Gasteiger partial charge in [0.05, 0.1) is 12.2 Å². The summed E-state index contributed by atoms with van der Waals surface area (Å²) in [5.41, 5.74) is -0.561. The van der Waals surface area contributed by atoms with Crippen molar-refractivity contribution in [2.45, 2.75) is 27.7 Å².